The molecule has 3 nitrogen and oxygen atoms in total. The molecule has 1 N–H and O–H groups in total. The summed E-state index contributed by atoms with van der Waals surface area (Å²) >= 11 is 0. The molecule has 0 bridgehead atoms. The molecule has 0 aromatic carbocycles. The van der Waals surface area contributed by atoms with Crippen molar-refractivity contribution in [3.63, 3.8) is 0 Å². The van der Waals surface area contributed by atoms with Gasteiger partial charge in [0.15, 0.2) is 0 Å². The molecular weight excluding hydrogens is 190 g/mol. The molecule has 1 spiro atoms. The zero-order chi connectivity index (χ0) is 11.1. The molecule has 1 amide bonds. The average Bonchev–Trinajstić information content (AvgIpc) is 2.41. The number of rotatable bonds is 1. The molecule has 0 radical (unpaired) electrons. The number of amides is 1. The van der Waals surface area contributed by atoms with E-state index in [-0.39, 0.29) is 11.3 Å². The first kappa shape index (κ1) is 10.9. The molecule has 2 aliphatic heterocycles. The van der Waals surface area contributed by atoms with Crippen LogP contribution in [0.5, 0.6) is 0 Å². The monoisotopic (exact) mass is 211 g/mol. The number of carbonyl (C=O) groups excluding carboxylic acids is 1. The third kappa shape index (κ3) is 1.89. The normalized spacial score (nSPS) is 41.2. The summed E-state index contributed by atoms with van der Waals surface area (Å²) < 4.78 is 5.77. The zero-order valence-corrected chi connectivity index (χ0v) is 9.88. The Labute approximate surface area is 91.6 Å². The van der Waals surface area contributed by atoms with Gasteiger partial charge in [-0.2, -0.15) is 0 Å². The van der Waals surface area contributed by atoms with Crippen molar-refractivity contribution in [1.82, 2.24) is 5.32 Å². The first-order chi connectivity index (χ1) is 7.03. The zero-order valence-electron chi connectivity index (χ0n) is 9.88. The Morgan fingerprint density at radius 2 is 2.27 bits per heavy atom. The van der Waals surface area contributed by atoms with Gasteiger partial charge in [-0.25, -0.2) is 0 Å². The predicted octanol–water partition coefficient (Wildman–Crippen LogP) is 1.72. The molecule has 15 heavy (non-hydrogen) atoms. The van der Waals surface area contributed by atoms with Crippen LogP contribution in [0.4, 0.5) is 0 Å². The summed E-state index contributed by atoms with van der Waals surface area (Å²) in [5, 5.41) is 3.04. The molecule has 2 heterocycles. The van der Waals surface area contributed by atoms with Crippen molar-refractivity contribution in [2.75, 3.05) is 6.61 Å². The summed E-state index contributed by atoms with van der Waals surface area (Å²) in [6.07, 6.45) is 3.08. The number of ether oxygens (including phenoxy) is 1. The molecule has 0 aliphatic carbocycles. The number of carbonyl (C=O) groups is 1. The van der Waals surface area contributed by atoms with Crippen LogP contribution in [0.3, 0.4) is 0 Å². The average molecular weight is 211 g/mol. The van der Waals surface area contributed by atoms with Crippen molar-refractivity contribution in [2.45, 2.75) is 52.2 Å². The van der Waals surface area contributed by atoms with Crippen molar-refractivity contribution in [3.8, 4) is 0 Å². The Hall–Kier alpha value is -0.570. The largest absolute Gasteiger partial charge is 0.378 e. The van der Waals surface area contributed by atoms with E-state index in [0.717, 1.165) is 19.4 Å². The first-order valence-electron chi connectivity index (χ1n) is 5.94. The van der Waals surface area contributed by atoms with Gasteiger partial charge in [0.1, 0.15) is 0 Å². The molecular formula is C12H21NO2. The van der Waals surface area contributed by atoms with Crippen LogP contribution in [0.1, 0.15) is 40.0 Å². The fourth-order valence-corrected chi connectivity index (χ4v) is 2.88. The Kier molecular flexibility index (Phi) is 2.75. The summed E-state index contributed by atoms with van der Waals surface area (Å²) in [5.41, 5.74) is 0.171. The van der Waals surface area contributed by atoms with E-state index in [4.69, 9.17) is 4.74 Å². The standard InChI is InChI=1S/C12H21NO2/c1-8(2)10-6-12(4-5-15-10)7-11(14)13-9(12)3/h8-10H,4-7H2,1-3H3,(H,13,14). The van der Waals surface area contributed by atoms with E-state index in [1.165, 1.54) is 0 Å². The molecule has 2 rings (SSSR count). The maximum absolute atomic E-state index is 11.5. The van der Waals surface area contributed by atoms with Gasteiger partial charge in [-0.1, -0.05) is 13.8 Å². The summed E-state index contributed by atoms with van der Waals surface area (Å²) in [6.45, 7) is 7.33. The Morgan fingerprint density at radius 1 is 1.53 bits per heavy atom. The van der Waals surface area contributed by atoms with Crippen LogP contribution < -0.4 is 5.32 Å². The smallest absolute Gasteiger partial charge is 0.220 e. The predicted molar refractivity (Wildman–Crippen MR) is 58.5 cm³/mol. The minimum Gasteiger partial charge on any atom is -0.378 e. The van der Waals surface area contributed by atoms with Crippen molar-refractivity contribution >= 4 is 5.91 Å². The van der Waals surface area contributed by atoms with Crippen LogP contribution in [-0.2, 0) is 9.53 Å². The van der Waals surface area contributed by atoms with Crippen LogP contribution in [0.2, 0.25) is 0 Å². The van der Waals surface area contributed by atoms with Crippen LogP contribution in [0.25, 0.3) is 0 Å². The summed E-state index contributed by atoms with van der Waals surface area (Å²) in [7, 11) is 0. The molecule has 3 heteroatoms. The second-order valence-corrected chi connectivity index (χ2v) is 5.44. The van der Waals surface area contributed by atoms with Gasteiger partial charge in [0.05, 0.1) is 6.10 Å². The van der Waals surface area contributed by atoms with Crippen LogP contribution in [0.15, 0.2) is 0 Å². The van der Waals surface area contributed by atoms with Gasteiger partial charge in [0.25, 0.3) is 0 Å². The molecule has 2 aliphatic rings. The second-order valence-electron chi connectivity index (χ2n) is 5.44. The van der Waals surface area contributed by atoms with E-state index in [1.807, 2.05) is 0 Å². The molecule has 2 fully saturated rings. The maximum atomic E-state index is 11.5. The molecule has 3 atom stereocenters. The summed E-state index contributed by atoms with van der Waals surface area (Å²) in [5.74, 6) is 0.761. The topological polar surface area (TPSA) is 38.3 Å². The highest BCUT2D eigenvalue weighted by atomic mass is 16.5. The van der Waals surface area contributed by atoms with Crippen LogP contribution >= 0.6 is 0 Å². The van der Waals surface area contributed by atoms with Gasteiger partial charge in [0, 0.05) is 24.5 Å². The van der Waals surface area contributed by atoms with E-state index in [2.05, 4.69) is 26.1 Å². The lowest BCUT2D eigenvalue weighted by Gasteiger charge is -2.41. The van der Waals surface area contributed by atoms with Gasteiger partial charge >= 0.3 is 0 Å². The second kappa shape index (κ2) is 3.78. The van der Waals surface area contributed by atoms with Crippen molar-refractivity contribution in [1.29, 1.82) is 0 Å². The SMILES string of the molecule is CC(C)C1CC2(CCO1)CC(=O)NC2C. The lowest BCUT2D eigenvalue weighted by molar-refractivity contribution is -0.120. The summed E-state index contributed by atoms with van der Waals surface area (Å²) in [4.78, 5) is 11.5. The lowest BCUT2D eigenvalue weighted by Crippen LogP contribution is -2.43. The Morgan fingerprint density at radius 3 is 2.80 bits per heavy atom. The third-order valence-electron chi connectivity index (χ3n) is 4.09. The fraction of sp³-hybridized carbons (Fsp3) is 0.917. The maximum Gasteiger partial charge on any atom is 0.220 e. The van der Waals surface area contributed by atoms with Crippen LogP contribution in [-0.4, -0.2) is 24.7 Å². The van der Waals surface area contributed by atoms with Gasteiger partial charge < -0.3 is 10.1 Å². The molecule has 0 saturated carbocycles. The molecule has 0 aromatic heterocycles. The molecule has 0 aromatic rings. The Balaban J connectivity index is 2.11. The minimum atomic E-state index is 0.171. The Bertz CT molecular complexity index is 264. The fourth-order valence-electron chi connectivity index (χ4n) is 2.88. The van der Waals surface area contributed by atoms with Crippen molar-refractivity contribution in [3.05, 3.63) is 0 Å². The quantitative estimate of drug-likeness (QED) is 0.717. The van der Waals surface area contributed by atoms with E-state index in [1.54, 1.807) is 0 Å². The van der Waals surface area contributed by atoms with Crippen LogP contribution in [0, 0.1) is 11.3 Å². The number of hydrogen-bond donors (Lipinski definition) is 1. The summed E-state index contributed by atoms with van der Waals surface area (Å²) in [6, 6.07) is 0.315. The highest BCUT2D eigenvalue weighted by Crippen LogP contribution is 2.44. The number of hydrogen-bond acceptors (Lipinski definition) is 2. The highest BCUT2D eigenvalue weighted by molar-refractivity contribution is 5.79. The third-order valence-corrected chi connectivity index (χ3v) is 4.09. The van der Waals surface area contributed by atoms with Crippen molar-refractivity contribution < 1.29 is 9.53 Å². The van der Waals surface area contributed by atoms with Gasteiger partial charge in [-0.05, 0) is 25.7 Å². The van der Waals surface area contributed by atoms with Gasteiger partial charge in [0.2, 0.25) is 5.91 Å². The first-order valence-corrected chi connectivity index (χ1v) is 5.94. The van der Waals surface area contributed by atoms with Gasteiger partial charge in [-0.3, -0.25) is 4.79 Å². The molecule has 86 valence electrons. The van der Waals surface area contributed by atoms with E-state index in [0.29, 0.717) is 24.5 Å². The van der Waals surface area contributed by atoms with Crippen molar-refractivity contribution in [2.24, 2.45) is 11.3 Å². The van der Waals surface area contributed by atoms with E-state index < -0.39 is 0 Å². The lowest BCUT2D eigenvalue weighted by atomic mass is 9.71. The molecule has 3 unspecified atom stereocenters. The highest BCUT2D eigenvalue weighted by Gasteiger charge is 2.47. The molecule has 2 saturated heterocycles. The van der Waals surface area contributed by atoms with Gasteiger partial charge in [-0.15, -0.1) is 0 Å². The van der Waals surface area contributed by atoms with E-state index >= 15 is 0 Å². The minimum absolute atomic E-state index is 0.171. The number of nitrogens with one attached hydrogen (secondary N) is 1. The van der Waals surface area contributed by atoms with E-state index in [9.17, 15) is 4.79 Å².